The van der Waals surface area contributed by atoms with Crippen molar-refractivity contribution in [1.29, 1.82) is 0 Å². The zero-order valence-electron chi connectivity index (χ0n) is 16.8. The van der Waals surface area contributed by atoms with E-state index >= 15 is 0 Å². The van der Waals surface area contributed by atoms with Gasteiger partial charge in [-0.3, -0.25) is 9.59 Å². The fourth-order valence-corrected chi connectivity index (χ4v) is 3.79. The molecule has 1 aromatic heterocycles. The SMILES string of the molecule is COC(=O)C(c1ccc(O)cc1)c1c(-c2ccccc2)nc2ccccc2c1C(N)=O. The van der Waals surface area contributed by atoms with Crippen molar-refractivity contribution in [2.75, 3.05) is 7.11 Å². The highest BCUT2D eigenvalue weighted by Gasteiger charge is 2.33. The zero-order chi connectivity index (χ0) is 22.0. The first-order chi connectivity index (χ1) is 15.0. The van der Waals surface area contributed by atoms with Gasteiger partial charge in [0.1, 0.15) is 11.7 Å². The van der Waals surface area contributed by atoms with Crippen LogP contribution in [0, 0.1) is 0 Å². The van der Waals surface area contributed by atoms with E-state index in [0.717, 1.165) is 5.56 Å². The molecular weight excluding hydrogens is 392 g/mol. The predicted molar refractivity (Wildman–Crippen MR) is 118 cm³/mol. The van der Waals surface area contributed by atoms with Crippen molar-refractivity contribution in [1.82, 2.24) is 4.98 Å². The van der Waals surface area contributed by atoms with Gasteiger partial charge in [0.15, 0.2) is 0 Å². The number of phenolic OH excluding ortho intramolecular Hbond substituents is 1. The molecule has 0 fully saturated rings. The largest absolute Gasteiger partial charge is 0.508 e. The Balaban J connectivity index is 2.15. The average molecular weight is 412 g/mol. The van der Waals surface area contributed by atoms with Gasteiger partial charge in [0.05, 0.1) is 23.9 Å². The minimum Gasteiger partial charge on any atom is -0.508 e. The second kappa shape index (κ2) is 8.28. The van der Waals surface area contributed by atoms with Gasteiger partial charge in [-0.15, -0.1) is 0 Å². The van der Waals surface area contributed by atoms with E-state index in [9.17, 15) is 14.7 Å². The molecule has 0 bridgehead atoms. The molecule has 0 saturated carbocycles. The first-order valence-electron chi connectivity index (χ1n) is 9.66. The number of para-hydroxylation sites is 1. The molecule has 31 heavy (non-hydrogen) atoms. The number of rotatable bonds is 5. The van der Waals surface area contributed by atoms with Crippen LogP contribution in [0.3, 0.4) is 0 Å². The lowest BCUT2D eigenvalue weighted by atomic mass is 9.83. The molecule has 1 amide bonds. The van der Waals surface area contributed by atoms with E-state index in [2.05, 4.69) is 0 Å². The summed E-state index contributed by atoms with van der Waals surface area (Å²) in [7, 11) is 1.29. The van der Waals surface area contributed by atoms with Crippen LogP contribution in [0.2, 0.25) is 0 Å². The highest BCUT2D eigenvalue weighted by Crippen LogP contribution is 2.39. The summed E-state index contributed by atoms with van der Waals surface area (Å²) in [5.41, 5.74) is 8.77. The summed E-state index contributed by atoms with van der Waals surface area (Å²) in [4.78, 5) is 30.6. The number of aromatic nitrogens is 1. The van der Waals surface area contributed by atoms with Gasteiger partial charge in [0.2, 0.25) is 5.91 Å². The third-order valence-electron chi connectivity index (χ3n) is 5.18. The molecule has 0 aliphatic rings. The Morgan fingerprint density at radius 1 is 0.935 bits per heavy atom. The molecule has 4 aromatic rings. The first-order valence-corrected chi connectivity index (χ1v) is 9.66. The number of carbonyl (C=O) groups excluding carboxylic acids is 2. The molecule has 154 valence electrons. The van der Waals surface area contributed by atoms with Gasteiger partial charge in [-0.2, -0.15) is 0 Å². The Hall–Kier alpha value is -4.19. The quantitative estimate of drug-likeness (QED) is 0.482. The Morgan fingerprint density at radius 2 is 1.58 bits per heavy atom. The number of pyridine rings is 1. The van der Waals surface area contributed by atoms with Gasteiger partial charge >= 0.3 is 5.97 Å². The van der Waals surface area contributed by atoms with Gasteiger partial charge in [0.25, 0.3) is 0 Å². The third-order valence-corrected chi connectivity index (χ3v) is 5.18. The minimum absolute atomic E-state index is 0.0578. The van der Waals surface area contributed by atoms with E-state index < -0.39 is 17.8 Å². The Labute approximate surface area is 178 Å². The normalized spacial score (nSPS) is 11.8. The van der Waals surface area contributed by atoms with E-state index in [-0.39, 0.29) is 11.3 Å². The van der Waals surface area contributed by atoms with Crippen molar-refractivity contribution < 1.29 is 19.4 Å². The van der Waals surface area contributed by atoms with Gasteiger partial charge in [-0.25, -0.2) is 4.98 Å². The minimum atomic E-state index is -0.972. The number of benzene rings is 3. The van der Waals surface area contributed by atoms with Gasteiger partial charge < -0.3 is 15.6 Å². The maximum absolute atomic E-state index is 13.0. The molecular formula is C25H20N2O4. The first kappa shape index (κ1) is 20.1. The molecule has 3 aromatic carbocycles. The van der Waals surface area contributed by atoms with Crippen molar-refractivity contribution in [3.05, 3.63) is 95.6 Å². The number of primary amides is 1. The van der Waals surface area contributed by atoms with Crippen molar-refractivity contribution in [3.63, 3.8) is 0 Å². The monoisotopic (exact) mass is 412 g/mol. The number of nitrogens with zero attached hydrogens (tertiary/aromatic N) is 1. The van der Waals surface area contributed by atoms with Gasteiger partial charge in [-0.1, -0.05) is 60.7 Å². The number of amides is 1. The lowest BCUT2D eigenvalue weighted by Crippen LogP contribution is -2.23. The van der Waals surface area contributed by atoms with E-state index in [4.69, 9.17) is 15.5 Å². The van der Waals surface area contributed by atoms with Crippen molar-refractivity contribution in [3.8, 4) is 17.0 Å². The molecule has 0 saturated heterocycles. The number of fused-ring (bicyclic) bond motifs is 1. The smallest absolute Gasteiger partial charge is 0.317 e. The van der Waals surface area contributed by atoms with E-state index in [1.165, 1.54) is 19.2 Å². The maximum atomic E-state index is 13.0. The number of aromatic hydroxyl groups is 1. The number of methoxy groups -OCH3 is 1. The summed E-state index contributed by atoms with van der Waals surface area (Å²) in [5, 5.41) is 10.3. The topological polar surface area (TPSA) is 103 Å². The molecule has 6 nitrogen and oxygen atoms in total. The number of hydrogen-bond donors (Lipinski definition) is 2. The summed E-state index contributed by atoms with van der Waals surface area (Å²) in [5.74, 6) is -2.15. The van der Waals surface area contributed by atoms with Crippen molar-refractivity contribution in [2.45, 2.75) is 5.92 Å². The molecule has 0 aliphatic carbocycles. The highest BCUT2D eigenvalue weighted by molar-refractivity contribution is 6.10. The molecule has 0 spiro atoms. The number of nitrogens with two attached hydrogens (primary N) is 1. The fraction of sp³-hybridized carbons (Fsp3) is 0.0800. The van der Waals surface area contributed by atoms with Crippen molar-refractivity contribution >= 4 is 22.8 Å². The molecule has 1 heterocycles. The van der Waals surface area contributed by atoms with Crippen LogP contribution < -0.4 is 5.73 Å². The summed E-state index contributed by atoms with van der Waals surface area (Å²) in [6.07, 6.45) is 0. The molecule has 0 aliphatic heterocycles. The number of hydrogen-bond acceptors (Lipinski definition) is 5. The van der Waals surface area contributed by atoms with Crippen LogP contribution in [0.4, 0.5) is 0 Å². The van der Waals surface area contributed by atoms with Crippen LogP contribution in [-0.2, 0) is 9.53 Å². The van der Waals surface area contributed by atoms with E-state index in [0.29, 0.717) is 27.7 Å². The summed E-state index contributed by atoms with van der Waals surface area (Å²) < 4.78 is 5.11. The second-order valence-electron chi connectivity index (χ2n) is 7.04. The Morgan fingerprint density at radius 3 is 2.23 bits per heavy atom. The number of esters is 1. The van der Waals surface area contributed by atoms with Crippen LogP contribution in [0.15, 0.2) is 78.9 Å². The van der Waals surface area contributed by atoms with Crippen molar-refractivity contribution in [2.24, 2.45) is 5.73 Å². The lowest BCUT2D eigenvalue weighted by molar-refractivity contribution is -0.141. The molecule has 1 unspecified atom stereocenters. The Bertz CT molecular complexity index is 1270. The van der Waals surface area contributed by atoms with Crippen LogP contribution >= 0.6 is 0 Å². The standard InChI is InChI=1S/C25H20N2O4/c1-31-25(30)20(15-11-13-17(28)14-12-15)22-21(24(26)29)18-9-5-6-10-19(18)27-23(22)16-7-3-2-4-8-16/h2-14,20,28H,1H3,(H2,26,29). The summed E-state index contributed by atoms with van der Waals surface area (Å²) in [6, 6.07) is 22.7. The number of carbonyl (C=O) groups is 2. The molecule has 4 rings (SSSR count). The fourth-order valence-electron chi connectivity index (χ4n) is 3.79. The van der Waals surface area contributed by atoms with Crippen LogP contribution in [0.25, 0.3) is 22.2 Å². The number of phenols is 1. The lowest BCUT2D eigenvalue weighted by Gasteiger charge is -2.22. The van der Waals surface area contributed by atoms with Gasteiger partial charge in [0, 0.05) is 16.5 Å². The maximum Gasteiger partial charge on any atom is 0.317 e. The molecule has 0 radical (unpaired) electrons. The van der Waals surface area contributed by atoms with Crippen LogP contribution in [-0.4, -0.2) is 29.1 Å². The Kier molecular flexibility index (Phi) is 5.37. The predicted octanol–water partition coefficient (Wildman–Crippen LogP) is 4.01. The third kappa shape index (κ3) is 3.71. The van der Waals surface area contributed by atoms with E-state index in [1.807, 2.05) is 36.4 Å². The average Bonchev–Trinajstić information content (AvgIpc) is 2.80. The molecule has 1 atom stereocenters. The zero-order valence-corrected chi connectivity index (χ0v) is 16.8. The second-order valence-corrected chi connectivity index (χ2v) is 7.04. The van der Waals surface area contributed by atoms with E-state index in [1.54, 1.807) is 30.3 Å². The van der Waals surface area contributed by atoms with Crippen LogP contribution in [0.5, 0.6) is 5.75 Å². The number of ether oxygens (including phenoxy) is 1. The molecule has 6 heteroatoms. The highest BCUT2D eigenvalue weighted by atomic mass is 16.5. The van der Waals surface area contributed by atoms with Gasteiger partial charge in [-0.05, 0) is 23.8 Å². The summed E-state index contributed by atoms with van der Waals surface area (Å²) >= 11 is 0. The summed E-state index contributed by atoms with van der Waals surface area (Å²) in [6.45, 7) is 0. The van der Waals surface area contributed by atoms with Crippen LogP contribution in [0.1, 0.15) is 27.4 Å². The molecule has 3 N–H and O–H groups in total.